The highest BCUT2D eigenvalue weighted by Crippen LogP contribution is 2.31. The number of fused-ring (bicyclic) bond motifs is 1. The zero-order chi connectivity index (χ0) is 11.4. The number of nitrogens with zero attached hydrogens (tertiary/aromatic N) is 1. The van der Waals surface area contributed by atoms with Crippen molar-refractivity contribution in [3.8, 4) is 0 Å². The van der Waals surface area contributed by atoms with Crippen molar-refractivity contribution in [3.63, 3.8) is 0 Å². The third kappa shape index (κ3) is 2.33. The maximum Gasteiger partial charge on any atom is 0.269 e. The monoisotopic (exact) mass is 208 g/mol. The van der Waals surface area contributed by atoms with Crippen LogP contribution in [0.2, 0.25) is 0 Å². The van der Waals surface area contributed by atoms with Crippen LogP contribution in [0.5, 0.6) is 0 Å². The van der Waals surface area contributed by atoms with E-state index < -0.39 is 0 Å². The van der Waals surface area contributed by atoms with E-state index in [0.717, 1.165) is 24.0 Å². The number of nitro benzene ring substituents is 1. The Morgan fingerprint density at radius 1 is 1.47 bits per heavy atom. The molecule has 0 radical (unpaired) electrons. The molecule has 4 heteroatoms. The van der Waals surface area contributed by atoms with Gasteiger partial charge in [-0.25, -0.2) is 0 Å². The average Bonchev–Trinajstić information content (AvgIpc) is 2.63. The van der Waals surface area contributed by atoms with E-state index in [4.69, 9.17) is 5.73 Å². The quantitative estimate of drug-likeness (QED) is 0.569. The summed E-state index contributed by atoms with van der Waals surface area (Å²) in [7, 11) is 0. The molecule has 0 spiro atoms. The first-order chi connectivity index (χ1) is 7.18. The van der Waals surface area contributed by atoms with Gasteiger partial charge in [0.1, 0.15) is 0 Å². The van der Waals surface area contributed by atoms with Gasteiger partial charge in [-0.1, -0.05) is 19.9 Å². The average molecular weight is 208 g/mol. The lowest BCUT2D eigenvalue weighted by Gasteiger charge is -2.03. The number of nitrogens with two attached hydrogens (primary N) is 1. The molecule has 82 valence electrons. The summed E-state index contributed by atoms with van der Waals surface area (Å²) in [5, 5.41) is 10.5. The number of hydrogen-bond acceptors (Lipinski definition) is 3. The van der Waals surface area contributed by atoms with E-state index in [-0.39, 0.29) is 16.7 Å². The van der Waals surface area contributed by atoms with Gasteiger partial charge in [-0.2, -0.15) is 0 Å². The van der Waals surface area contributed by atoms with Crippen LogP contribution in [-0.4, -0.2) is 4.92 Å². The van der Waals surface area contributed by atoms with Crippen molar-refractivity contribution in [1.29, 1.82) is 0 Å². The summed E-state index contributed by atoms with van der Waals surface area (Å²) < 4.78 is 0. The van der Waals surface area contributed by atoms with Crippen molar-refractivity contribution in [2.45, 2.75) is 32.7 Å². The van der Waals surface area contributed by atoms with Crippen LogP contribution in [0.1, 0.15) is 37.4 Å². The van der Waals surface area contributed by atoms with E-state index in [1.165, 1.54) is 6.07 Å². The molecule has 0 amide bonds. The topological polar surface area (TPSA) is 69.2 Å². The van der Waals surface area contributed by atoms with Crippen molar-refractivity contribution in [2.24, 2.45) is 5.73 Å². The lowest BCUT2D eigenvalue weighted by molar-refractivity contribution is -0.384. The number of hydrogen-bond donors (Lipinski definition) is 1. The molecular formula is C11H16N2O2. The highest BCUT2D eigenvalue weighted by Gasteiger charge is 2.21. The molecule has 15 heavy (non-hydrogen) atoms. The molecule has 0 heterocycles. The number of benzene rings is 1. The van der Waals surface area contributed by atoms with Crippen molar-refractivity contribution < 1.29 is 4.92 Å². The molecular weight excluding hydrogens is 192 g/mol. The van der Waals surface area contributed by atoms with Crippen LogP contribution >= 0.6 is 0 Å². The zero-order valence-corrected chi connectivity index (χ0v) is 9.06. The van der Waals surface area contributed by atoms with Gasteiger partial charge < -0.3 is 5.73 Å². The molecule has 2 N–H and O–H groups in total. The molecule has 2 rings (SSSR count). The molecule has 0 fully saturated rings. The van der Waals surface area contributed by atoms with Crippen LogP contribution in [0.25, 0.3) is 0 Å². The highest BCUT2D eigenvalue weighted by molar-refractivity contribution is 5.43. The number of non-ortho nitro benzene ring substituents is 1. The van der Waals surface area contributed by atoms with Gasteiger partial charge in [0.2, 0.25) is 0 Å². The summed E-state index contributed by atoms with van der Waals surface area (Å²) in [5.74, 6) is 0. The summed E-state index contributed by atoms with van der Waals surface area (Å²) >= 11 is 0. The second-order valence-corrected chi connectivity index (χ2v) is 3.29. The van der Waals surface area contributed by atoms with Crippen molar-refractivity contribution >= 4 is 5.69 Å². The molecule has 0 saturated heterocycles. The summed E-state index contributed by atoms with van der Waals surface area (Å²) in [5.41, 5.74) is 8.02. The summed E-state index contributed by atoms with van der Waals surface area (Å²) in [6.07, 6.45) is 1.84. The van der Waals surface area contributed by atoms with E-state index in [0.29, 0.717) is 0 Å². The standard InChI is InChI=1S/C9H10N2O2.C2H6/c10-9-4-2-6-1-3-7(11(12)13)5-8(6)9;1-2/h1,3,5,9H,2,4,10H2;1-2H3. The lowest BCUT2D eigenvalue weighted by Crippen LogP contribution is -2.05. The summed E-state index contributed by atoms with van der Waals surface area (Å²) in [4.78, 5) is 10.1. The minimum absolute atomic E-state index is 0.0186. The van der Waals surface area contributed by atoms with E-state index in [2.05, 4.69) is 0 Å². The Morgan fingerprint density at radius 3 is 2.73 bits per heavy atom. The predicted octanol–water partition coefficient (Wildman–Crippen LogP) is 2.57. The molecule has 0 saturated carbocycles. The Hall–Kier alpha value is -1.42. The van der Waals surface area contributed by atoms with Crippen LogP contribution in [-0.2, 0) is 6.42 Å². The maximum absolute atomic E-state index is 10.5. The molecule has 0 aromatic heterocycles. The molecule has 0 bridgehead atoms. The van der Waals surface area contributed by atoms with Crippen LogP contribution < -0.4 is 5.73 Å². The first kappa shape index (κ1) is 11.7. The van der Waals surface area contributed by atoms with Gasteiger partial charge in [0, 0.05) is 18.2 Å². The fourth-order valence-corrected chi connectivity index (χ4v) is 1.74. The van der Waals surface area contributed by atoms with Gasteiger partial charge in [-0.3, -0.25) is 10.1 Å². The molecule has 1 aliphatic carbocycles. The van der Waals surface area contributed by atoms with Crippen LogP contribution in [0.4, 0.5) is 5.69 Å². The van der Waals surface area contributed by atoms with Crippen LogP contribution in [0.15, 0.2) is 18.2 Å². The smallest absolute Gasteiger partial charge is 0.269 e. The third-order valence-electron chi connectivity index (χ3n) is 2.46. The van der Waals surface area contributed by atoms with E-state index >= 15 is 0 Å². The minimum atomic E-state index is -0.384. The molecule has 4 nitrogen and oxygen atoms in total. The molecule has 1 atom stereocenters. The van der Waals surface area contributed by atoms with Crippen molar-refractivity contribution in [2.75, 3.05) is 0 Å². The first-order valence-corrected chi connectivity index (χ1v) is 5.21. The Balaban J connectivity index is 0.000000531. The predicted molar refractivity (Wildman–Crippen MR) is 59.7 cm³/mol. The number of rotatable bonds is 1. The SMILES string of the molecule is CC.NC1CCc2ccc([N+](=O)[O-])cc21. The fourth-order valence-electron chi connectivity index (χ4n) is 1.74. The summed E-state index contributed by atoms with van der Waals surface area (Å²) in [6, 6.07) is 4.92. The van der Waals surface area contributed by atoms with Gasteiger partial charge in [-0.15, -0.1) is 0 Å². The van der Waals surface area contributed by atoms with E-state index in [1.54, 1.807) is 12.1 Å². The zero-order valence-electron chi connectivity index (χ0n) is 9.06. The Labute approximate surface area is 89.2 Å². The maximum atomic E-state index is 10.5. The third-order valence-corrected chi connectivity index (χ3v) is 2.46. The lowest BCUT2D eigenvalue weighted by atomic mass is 10.1. The van der Waals surface area contributed by atoms with Gasteiger partial charge >= 0.3 is 0 Å². The second kappa shape index (κ2) is 4.89. The molecule has 1 unspecified atom stereocenters. The van der Waals surface area contributed by atoms with Crippen LogP contribution in [0, 0.1) is 10.1 Å². The fraction of sp³-hybridized carbons (Fsp3) is 0.455. The second-order valence-electron chi connectivity index (χ2n) is 3.29. The van der Waals surface area contributed by atoms with Gasteiger partial charge in [0.25, 0.3) is 5.69 Å². The van der Waals surface area contributed by atoms with Gasteiger partial charge in [0.05, 0.1) is 4.92 Å². The Morgan fingerprint density at radius 2 is 2.13 bits per heavy atom. The molecule has 1 aromatic rings. The molecule has 1 aromatic carbocycles. The minimum Gasteiger partial charge on any atom is -0.324 e. The molecule has 1 aliphatic rings. The highest BCUT2D eigenvalue weighted by atomic mass is 16.6. The summed E-state index contributed by atoms with van der Waals surface area (Å²) in [6.45, 7) is 4.00. The van der Waals surface area contributed by atoms with Gasteiger partial charge in [-0.05, 0) is 24.0 Å². The number of aryl methyl sites for hydroxylation is 1. The van der Waals surface area contributed by atoms with Crippen LogP contribution in [0.3, 0.4) is 0 Å². The Kier molecular flexibility index (Phi) is 3.80. The number of nitro groups is 1. The van der Waals surface area contributed by atoms with E-state index in [9.17, 15) is 10.1 Å². The molecule has 0 aliphatic heterocycles. The van der Waals surface area contributed by atoms with Crippen molar-refractivity contribution in [3.05, 3.63) is 39.4 Å². The van der Waals surface area contributed by atoms with E-state index in [1.807, 2.05) is 13.8 Å². The van der Waals surface area contributed by atoms with Gasteiger partial charge in [0.15, 0.2) is 0 Å². The Bertz CT molecular complexity index is 364. The normalized spacial score (nSPS) is 17.7. The van der Waals surface area contributed by atoms with Crippen molar-refractivity contribution in [1.82, 2.24) is 0 Å². The first-order valence-electron chi connectivity index (χ1n) is 5.21. The largest absolute Gasteiger partial charge is 0.324 e.